The van der Waals surface area contributed by atoms with Crippen LogP contribution in [-0.4, -0.2) is 68.1 Å². The van der Waals surface area contributed by atoms with Crippen molar-refractivity contribution in [1.29, 1.82) is 0 Å². The third-order valence-electron chi connectivity index (χ3n) is 5.69. The van der Waals surface area contributed by atoms with Gasteiger partial charge in [-0.3, -0.25) is 14.8 Å². The first-order valence-corrected chi connectivity index (χ1v) is 10.4. The first kappa shape index (κ1) is 17.6. The lowest BCUT2D eigenvalue weighted by Gasteiger charge is -2.39. The molecule has 3 aromatic heterocycles. The summed E-state index contributed by atoms with van der Waals surface area (Å²) in [5.74, 6) is 0.196. The molecule has 3 aromatic rings. The molecule has 2 aliphatic rings. The third-order valence-corrected chi connectivity index (χ3v) is 6.55. The van der Waals surface area contributed by atoms with Crippen LogP contribution in [0.15, 0.2) is 24.5 Å². The molecule has 2 fully saturated rings. The zero-order chi connectivity index (χ0) is 19.3. The van der Waals surface area contributed by atoms with Crippen molar-refractivity contribution in [3.8, 4) is 10.7 Å². The second-order valence-corrected chi connectivity index (χ2v) is 8.98. The van der Waals surface area contributed by atoms with Gasteiger partial charge in [0.05, 0.1) is 12.1 Å². The summed E-state index contributed by atoms with van der Waals surface area (Å²) in [6.07, 6.45) is 6.19. The van der Waals surface area contributed by atoms with Crippen molar-refractivity contribution < 1.29 is 4.79 Å². The summed E-state index contributed by atoms with van der Waals surface area (Å²) < 4.78 is 0. The van der Waals surface area contributed by atoms with Crippen molar-refractivity contribution >= 4 is 28.0 Å². The van der Waals surface area contributed by atoms with Gasteiger partial charge in [-0.2, -0.15) is 0 Å². The van der Waals surface area contributed by atoms with Gasteiger partial charge in [0.25, 0.3) is 0 Å². The summed E-state index contributed by atoms with van der Waals surface area (Å²) in [5, 5.41) is 12.0. The number of fused-ring (bicyclic) bond motifs is 3. The molecule has 0 aromatic carbocycles. The Labute approximate surface area is 167 Å². The van der Waals surface area contributed by atoms with Crippen molar-refractivity contribution in [2.24, 2.45) is 0 Å². The van der Waals surface area contributed by atoms with E-state index in [0.717, 1.165) is 58.1 Å². The van der Waals surface area contributed by atoms with Crippen molar-refractivity contribution in [2.45, 2.75) is 38.3 Å². The number of piperazine rings is 1. The summed E-state index contributed by atoms with van der Waals surface area (Å²) >= 11 is 1.53. The van der Waals surface area contributed by atoms with Gasteiger partial charge in [-0.05, 0) is 44.3 Å². The predicted molar refractivity (Wildman–Crippen MR) is 108 cm³/mol. The van der Waals surface area contributed by atoms with E-state index in [2.05, 4.69) is 37.0 Å². The lowest BCUT2D eigenvalue weighted by molar-refractivity contribution is -0.135. The number of carbonyl (C=O) groups is 1. The van der Waals surface area contributed by atoms with Crippen molar-refractivity contribution in [3.63, 3.8) is 0 Å². The molecule has 2 bridgehead atoms. The molecule has 1 amide bonds. The molecule has 2 unspecified atom stereocenters. The molecular formula is C20H22N6OS. The van der Waals surface area contributed by atoms with Gasteiger partial charge in [-0.1, -0.05) is 11.3 Å². The van der Waals surface area contributed by atoms with Crippen LogP contribution in [-0.2, 0) is 11.2 Å². The average Bonchev–Trinajstić information content (AvgIpc) is 3.22. The number of pyridine rings is 2. The molecule has 0 aliphatic carbocycles. The van der Waals surface area contributed by atoms with Gasteiger partial charge in [0.15, 0.2) is 5.01 Å². The van der Waals surface area contributed by atoms with Crippen LogP contribution in [0.25, 0.3) is 21.5 Å². The highest BCUT2D eigenvalue weighted by Gasteiger charge is 2.41. The van der Waals surface area contributed by atoms with Crippen LogP contribution in [0.2, 0.25) is 0 Å². The van der Waals surface area contributed by atoms with E-state index < -0.39 is 0 Å². The Kier molecular flexibility index (Phi) is 4.32. The van der Waals surface area contributed by atoms with E-state index in [4.69, 9.17) is 0 Å². The first-order valence-electron chi connectivity index (χ1n) is 9.62. The van der Waals surface area contributed by atoms with Gasteiger partial charge in [0.1, 0.15) is 10.7 Å². The highest BCUT2D eigenvalue weighted by molar-refractivity contribution is 7.14. The number of aromatic nitrogens is 4. The molecule has 8 heteroatoms. The van der Waals surface area contributed by atoms with E-state index in [1.807, 2.05) is 19.1 Å². The van der Waals surface area contributed by atoms with E-state index >= 15 is 0 Å². The van der Waals surface area contributed by atoms with Crippen LogP contribution in [0.3, 0.4) is 0 Å². The Morgan fingerprint density at radius 3 is 2.57 bits per heavy atom. The summed E-state index contributed by atoms with van der Waals surface area (Å²) in [5.41, 5.74) is 1.61. The normalized spacial score (nSPS) is 22.1. The minimum Gasteiger partial charge on any atom is -0.334 e. The van der Waals surface area contributed by atoms with Crippen LogP contribution >= 0.6 is 11.3 Å². The molecule has 2 aliphatic heterocycles. The molecule has 0 N–H and O–H groups in total. The maximum absolute atomic E-state index is 13.0. The number of likely N-dealkylation sites (tertiary alicyclic amines) is 1. The van der Waals surface area contributed by atoms with Crippen LogP contribution in [0.1, 0.15) is 23.5 Å². The molecular weight excluding hydrogens is 372 g/mol. The number of hydrogen-bond acceptors (Lipinski definition) is 7. The van der Waals surface area contributed by atoms with E-state index in [1.165, 1.54) is 11.3 Å². The molecule has 7 nitrogen and oxygen atoms in total. The minimum atomic E-state index is 0.196. The zero-order valence-electron chi connectivity index (χ0n) is 16.0. The van der Waals surface area contributed by atoms with Gasteiger partial charge < -0.3 is 9.80 Å². The lowest BCUT2D eigenvalue weighted by Crippen LogP contribution is -2.55. The quantitative estimate of drug-likeness (QED) is 0.679. The summed E-state index contributed by atoms with van der Waals surface area (Å²) in [6.45, 7) is 3.88. The number of likely N-dealkylation sites (N-methyl/N-ethyl adjacent to an activating group) is 1. The molecule has 5 rings (SSSR count). The van der Waals surface area contributed by atoms with Crippen molar-refractivity contribution in [1.82, 2.24) is 30.0 Å². The maximum Gasteiger partial charge on any atom is 0.229 e. The Morgan fingerprint density at radius 2 is 1.86 bits per heavy atom. The maximum atomic E-state index is 13.0. The number of aryl methyl sites for hydroxylation is 1. The number of nitrogens with zero attached hydrogens (tertiary/aromatic N) is 6. The molecule has 2 saturated heterocycles. The highest BCUT2D eigenvalue weighted by atomic mass is 32.1. The van der Waals surface area contributed by atoms with Gasteiger partial charge in [-0.15, -0.1) is 10.2 Å². The summed E-state index contributed by atoms with van der Waals surface area (Å²) in [4.78, 5) is 26.4. The van der Waals surface area contributed by atoms with Crippen LogP contribution in [0.4, 0.5) is 0 Å². The second kappa shape index (κ2) is 6.86. The number of rotatable bonds is 3. The number of carbonyl (C=O) groups excluding carboxylic acids is 1. The fraction of sp³-hybridized carbons (Fsp3) is 0.450. The molecule has 0 radical (unpaired) electrons. The molecule has 28 heavy (non-hydrogen) atoms. The van der Waals surface area contributed by atoms with Crippen LogP contribution < -0.4 is 0 Å². The monoisotopic (exact) mass is 394 g/mol. The zero-order valence-corrected chi connectivity index (χ0v) is 16.8. The van der Waals surface area contributed by atoms with Gasteiger partial charge in [-0.25, -0.2) is 0 Å². The predicted octanol–water partition coefficient (Wildman–Crippen LogP) is 2.30. The molecule has 0 spiro atoms. The minimum absolute atomic E-state index is 0.196. The van der Waals surface area contributed by atoms with E-state index in [9.17, 15) is 4.79 Å². The standard InChI is InChI=1S/C20H22N6OS/c1-12-23-24-20(28-12)18-6-13-5-15(21-8-14(13)9-22-18)7-19(27)26-16-3-4-17(26)11-25(2)10-16/h5-6,8-9,16-17H,3-4,7,10-11H2,1-2H3. The fourth-order valence-corrected chi connectivity index (χ4v) is 5.12. The number of amides is 1. The Hall–Kier alpha value is -2.45. The molecule has 144 valence electrons. The Morgan fingerprint density at radius 1 is 1.11 bits per heavy atom. The SMILES string of the molecule is Cc1nnc(-c2cc3cc(CC(=O)N4C5CCC4CN(C)C5)ncc3cn2)s1. The fourth-order valence-electron chi connectivity index (χ4n) is 4.46. The molecule has 5 heterocycles. The summed E-state index contributed by atoms with van der Waals surface area (Å²) in [6, 6.07) is 4.72. The first-order chi connectivity index (χ1) is 13.6. The van der Waals surface area contributed by atoms with Crippen molar-refractivity contribution in [2.75, 3.05) is 20.1 Å². The van der Waals surface area contributed by atoms with Gasteiger partial charge in [0.2, 0.25) is 5.91 Å². The van der Waals surface area contributed by atoms with Crippen molar-refractivity contribution in [3.05, 3.63) is 35.2 Å². The highest BCUT2D eigenvalue weighted by Crippen LogP contribution is 2.30. The Bertz CT molecular complexity index is 1040. The average molecular weight is 395 g/mol. The van der Waals surface area contributed by atoms with E-state index in [1.54, 1.807) is 12.4 Å². The van der Waals surface area contributed by atoms with Crippen LogP contribution in [0.5, 0.6) is 0 Å². The van der Waals surface area contributed by atoms with E-state index in [0.29, 0.717) is 18.5 Å². The summed E-state index contributed by atoms with van der Waals surface area (Å²) in [7, 11) is 2.14. The smallest absolute Gasteiger partial charge is 0.229 e. The van der Waals surface area contributed by atoms with Gasteiger partial charge >= 0.3 is 0 Å². The molecule has 0 saturated carbocycles. The van der Waals surface area contributed by atoms with Crippen LogP contribution in [0, 0.1) is 6.92 Å². The largest absolute Gasteiger partial charge is 0.334 e. The van der Waals surface area contributed by atoms with Gasteiger partial charge in [0, 0.05) is 43.0 Å². The number of hydrogen-bond donors (Lipinski definition) is 0. The third kappa shape index (κ3) is 3.16. The van der Waals surface area contributed by atoms with E-state index in [-0.39, 0.29) is 5.91 Å². The topological polar surface area (TPSA) is 75.1 Å². The second-order valence-electron chi connectivity index (χ2n) is 7.80. The Balaban J connectivity index is 1.39. The lowest BCUT2D eigenvalue weighted by atomic mass is 10.1. The molecule has 2 atom stereocenters.